The standard InChI is InChI=1S/C19H16N6O/c1-12-3-2-4-14(9-12)16-10-17(24-19-21-11-22-25(16)19)23-15-7-5-13(6-8-15)18(20)26/h2-11H,1H3,(H2,20,26)(H,21,22,23,24). The van der Waals surface area contributed by atoms with E-state index in [2.05, 4.69) is 26.4 Å². The second-order valence-electron chi connectivity index (χ2n) is 5.93. The molecule has 7 heteroatoms. The highest BCUT2D eigenvalue weighted by Gasteiger charge is 2.10. The summed E-state index contributed by atoms with van der Waals surface area (Å²) in [5, 5.41) is 7.50. The number of nitrogens with zero attached hydrogens (tertiary/aromatic N) is 4. The van der Waals surface area contributed by atoms with E-state index >= 15 is 0 Å². The van der Waals surface area contributed by atoms with Crippen molar-refractivity contribution in [1.29, 1.82) is 0 Å². The molecule has 0 spiro atoms. The van der Waals surface area contributed by atoms with Crippen LogP contribution < -0.4 is 11.1 Å². The Kier molecular flexibility index (Phi) is 3.81. The van der Waals surface area contributed by atoms with Gasteiger partial charge in [-0.1, -0.05) is 23.8 Å². The van der Waals surface area contributed by atoms with Crippen LogP contribution in [0.5, 0.6) is 0 Å². The van der Waals surface area contributed by atoms with Gasteiger partial charge in [-0.05, 0) is 37.3 Å². The SMILES string of the molecule is Cc1cccc(-c2cc(Nc3ccc(C(N)=O)cc3)nc3ncnn23)c1. The maximum absolute atomic E-state index is 11.2. The lowest BCUT2D eigenvalue weighted by Gasteiger charge is -2.10. The smallest absolute Gasteiger partial charge is 0.254 e. The predicted molar refractivity (Wildman–Crippen MR) is 99.2 cm³/mol. The molecule has 2 aromatic carbocycles. The van der Waals surface area contributed by atoms with Crippen LogP contribution in [0.2, 0.25) is 0 Å². The first-order chi connectivity index (χ1) is 12.6. The van der Waals surface area contributed by atoms with Crippen molar-refractivity contribution in [3.8, 4) is 11.3 Å². The number of hydrogen-bond acceptors (Lipinski definition) is 5. The molecule has 0 aliphatic carbocycles. The van der Waals surface area contributed by atoms with E-state index in [-0.39, 0.29) is 0 Å². The number of nitrogens with one attached hydrogen (secondary N) is 1. The molecule has 2 aromatic heterocycles. The Morgan fingerprint density at radius 3 is 2.65 bits per heavy atom. The third-order valence-electron chi connectivity index (χ3n) is 4.01. The molecule has 0 unspecified atom stereocenters. The zero-order valence-corrected chi connectivity index (χ0v) is 14.0. The molecule has 7 nitrogen and oxygen atoms in total. The molecule has 4 rings (SSSR count). The van der Waals surface area contributed by atoms with Gasteiger partial charge in [-0.2, -0.15) is 19.6 Å². The first kappa shape index (κ1) is 15.8. The van der Waals surface area contributed by atoms with Crippen LogP contribution in [-0.2, 0) is 0 Å². The van der Waals surface area contributed by atoms with Gasteiger partial charge in [0.05, 0.1) is 5.69 Å². The Morgan fingerprint density at radius 2 is 1.92 bits per heavy atom. The van der Waals surface area contributed by atoms with Crippen LogP contribution in [0.15, 0.2) is 60.9 Å². The van der Waals surface area contributed by atoms with E-state index in [0.717, 1.165) is 22.5 Å². The minimum Gasteiger partial charge on any atom is -0.366 e. The van der Waals surface area contributed by atoms with E-state index < -0.39 is 5.91 Å². The number of carbonyl (C=O) groups is 1. The lowest BCUT2D eigenvalue weighted by atomic mass is 10.1. The monoisotopic (exact) mass is 344 g/mol. The fourth-order valence-corrected chi connectivity index (χ4v) is 2.75. The molecule has 0 saturated carbocycles. The molecule has 1 amide bonds. The highest BCUT2D eigenvalue weighted by molar-refractivity contribution is 5.93. The number of rotatable bonds is 4. The Labute approximate surface area is 149 Å². The number of fused-ring (bicyclic) bond motifs is 1. The van der Waals surface area contributed by atoms with Gasteiger partial charge in [0.25, 0.3) is 5.78 Å². The summed E-state index contributed by atoms with van der Waals surface area (Å²) in [6.45, 7) is 2.04. The van der Waals surface area contributed by atoms with Crippen molar-refractivity contribution in [2.45, 2.75) is 6.92 Å². The molecule has 0 fully saturated rings. The normalized spacial score (nSPS) is 10.8. The van der Waals surface area contributed by atoms with Gasteiger partial charge in [0, 0.05) is 22.9 Å². The molecule has 0 bridgehead atoms. The largest absolute Gasteiger partial charge is 0.366 e. The maximum atomic E-state index is 11.2. The minimum atomic E-state index is -0.457. The maximum Gasteiger partial charge on any atom is 0.254 e. The first-order valence-corrected chi connectivity index (χ1v) is 8.05. The van der Waals surface area contributed by atoms with Gasteiger partial charge < -0.3 is 11.1 Å². The summed E-state index contributed by atoms with van der Waals surface area (Å²) < 4.78 is 1.70. The number of anilines is 2. The average Bonchev–Trinajstić information content (AvgIpc) is 3.10. The van der Waals surface area contributed by atoms with Crippen LogP contribution in [-0.4, -0.2) is 25.5 Å². The van der Waals surface area contributed by atoms with Gasteiger partial charge in [0.1, 0.15) is 12.1 Å². The number of aryl methyl sites for hydroxylation is 1. The summed E-state index contributed by atoms with van der Waals surface area (Å²) in [6, 6.07) is 17.0. The summed E-state index contributed by atoms with van der Waals surface area (Å²) in [5.41, 5.74) is 9.58. The van der Waals surface area contributed by atoms with Crippen molar-refractivity contribution in [3.05, 3.63) is 72.1 Å². The summed E-state index contributed by atoms with van der Waals surface area (Å²) in [7, 11) is 0. The molecule has 3 N–H and O–H groups in total. The lowest BCUT2D eigenvalue weighted by molar-refractivity contribution is 0.100. The van der Waals surface area contributed by atoms with Crippen LogP contribution in [0.4, 0.5) is 11.5 Å². The van der Waals surface area contributed by atoms with Crippen molar-refractivity contribution in [2.75, 3.05) is 5.32 Å². The lowest BCUT2D eigenvalue weighted by Crippen LogP contribution is -2.10. The molecule has 4 aromatic rings. The van der Waals surface area contributed by atoms with Crippen molar-refractivity contribution >= 4 is 23.2 Å². The topological polar surface area (TPSA) is 98.2 Å². The third kappa shape index (κ3) is 2.98. The van der Waals surface area contributed by atoms with Crippen LogP contribution >= 0.6 is 0 Å². The number of nitrogens with two attached hydrogens (primary N) is 1. The molecule has 26 heavy (non-hydrogen) atoms. The van der Waals surface area contributed by atoms with E-state index in [9.17, 15) is 4.79 Å². The fourth-order valence-electron chi connectivity index (χ4n) is 2.75. The second kappa shape index (κ2) is 6.29. The van der Waals surface area contributed by atoms with E-state index in [1.165, 1.54) is 6.33 Å². The zero-order chi connectivity index (χ0) is 18.1. The molecule has 0 aliphatic heterocycles. The summed E-state index contributed by atoms with van der Waals surface area (Å²) in [5.74, 6) is 0.676. The number of primary amides is 1. The quantitative estimate of drug-likeness (QED) is 0.593. The van der Waals surface area contributed by atoms with Crippen LogP contribution in [0.1, 0.15) is 15.9 Å². The van der Waals surface area contributed by atoms with Gasteiger partial charge in [-0.25, -0.2) is 0 Å². The van der Waals surface area contributed by atoms with Crippen molar-refractivity contribution < 1.29 is 4.79 Å². The molecular formula is C19H16N6O. The molecule has 0 atom stereocenters. The Morgan fingerprint density at radius 1 is 1.12 bits per heavy atom. The number of benzene rings is 2. The van der Waals surface area contributed by atoms with E-state index in [1.54, 1.807) is 28.8 Å². The van der Waals surface area contributed by atoms with Gasteiger partial charge in [-0.15, -0.1) is 0 Å². The van der Waals surface area contributed by atoms with Gasteiger partial charge >= 0.3 is 0 Å². The van der Waals surface area contributed by atoms with Crippen molar-refractivity contribution in [2.24, 2.45) is 5.73 Å². The number of amides is 1. The molecule has 0 aliphatic rings. The van der Waals surface area contributed by atoms with Crippen LogP contribution in [0.25, 0.3) is 17.0 Å². The molecule has 2 heterocycles. The number of carbonyl (C=O) groups excluding carboxylic acids is 1. The summed E-state index contributed by atoms with van der Waals surface area (Å²) in [4.78, 5) is 19.9. The van der Waals surface area contributed by atoms with E-state index in [1.807, 2.05) is 31.2 Å². The van der Waals surface area contributed by atoms with Gasteiger partial charge in [0.15, 0.2) is 0 Å². The fraction of sp³-hybridized carbons (Fsp3) is 0.0526. The Hall–Kier alpha value is -3.74. The van der Waals surface area contributed by atoms with Crippen molar-refractivity contribution in [1.82, 2.24) is 19.6 Å². The summed E-state index contributed by atoms with van der Waals surface area (Å²) in [6.07, 6.45) is 1.48. The van der Waals surface area contributed by atoms with Crippen LogP contribution in [0.3, 0.4) is 0 Å². The second-order valence-corrected chi connectivity index (χ2v) is 5.93. The molecule has 0 saturated heterocycles. The molecule has 128 valence electrons. The predicted octanol–water partition coefficient (Wildman–Crippen LogP) is 2.94. The summed E-state index contributed by atoms with van der Waals surface area (Å²) >= 11 is 0. The van der Waals surface area contributed by atoms with Gasteiger partial charge in [0.2, 0.25) is 5.91 Å². The number of hydrogen-bond donors (Lipinski definition) is 2. The van der Waals surface area contributed by atoms with Crippen molar-refractivity contribution in [3.63, 3.8) is 0 Å². The Balaban J connectivity index is 1.75. The average molecular weight is 344 g/mol. The van der Waals surface area contributed by atoms with Gasteiger partial charge in [-0.3, -0.25) is 4.79 Å². The molecular weight excluding hydrogens is 328 g/mol. The highest BCUT2D eigenvalue weighted by Crippen LogP contribution is 2.25. The first-order valence-electron chi connectivity index (χ1n) is 8.05. The van der Waals surface area contributed by atoms with Crippen LogP contribution in [0, 0.1) is 6.92 Å². The zero-order valence-electron chi connectivity index (χ0n) is 14.0. The number of aromatic nitrogens is 4. The third-order valence-corrected chi connectivity index (χ3v) is 4.01. The molecule has 0 radical (unpaired) electrons. The van der Waals surface area contributed by atoms with E-state index in [4.69, 9.17) is 5.73 Å². The van der Waals surface area contributed by atoms with E-state index in [0.29, 0.717) is 17.2 Å². The minimum absolute atomic E-state index is 0.455. The highest BCUT2D eigenvalue weighted by atomic mass is 16.1. The Bertz CT molecular complexity index is 1100.